The second-order valence-corrected chi connectivity index (χ2v) is 6.36. The Kier molecular flexibility index (Phi) is 6.12. The molecule has 0 spiro atoms. The Labute approximate surface area is 119 Å². The van der Waals surface area contributed by atoms with Crippen LogP contribution in [0.3, 0.4) is 0 Å². The number of nitrogens with one attached hydrogen (secondary N) is 2. The third-order valence-electron chi connectivity index (χ3n) is 2.66. The van der Waals surface area contributed by atoms with Crippen molar-refractivity contribution < 1.29 is 13.2 Å². The summed E-state index contributed by atoms with van der Waals surface area (Å²) >= 11 is 0. The Bertz CT molecular complexity index is 538. The van der Waals surface area contributed by atoms with Gasteiger partial charge in [-0.25, -0.2) is 13.1 Å². The minimum atomic E-state index is -3.53. The summed E-state index contributed by atoms with van der Waals surface area (Å²) in [6.45, 7) is 3.87. The molecule has 6 nitrogen and oxygen atoms in total. The van der Waals surface area contributed by atoms with Crippen LogP contribution in [0.4, 0.5) is 5.69 Å². The van der Waals surface area contributed by atoms with Gasteiger partial charge >= 0.3 is 0 Å². The maximum Gasteiger partial charge on any atom is 0.240 e. The molecule has 0 aliphatic rings. The van der Waals surface area contributed by atoms with E-state index in [0.29, 0.717) is 25.1 Å². The van der Waals surface area contributed by atoms with Gasteiger partial charge in [0.25, 0.3) is 0 Å². The highest BCUT2D eigenvalue weighted by molar-refractivity contribution is 7.89. The number of amides is 1. The van der Waals surface area contributed by atoms with Gasteiger partial charge in [-0.2, -0.15) is 0 Å². The van der Waals surface area contributed by atoms with Crippen LogP contribution in [0.25, 0.3) is 0 Å². The van der Waals surface area contributed by atoms with E-state index in [4.69, 9.17) is 5.73 Å². The van der Waals surface area contributed by atoms with Crippen LogP contribution in [0.1, 0.15) is 26.7 Å². The van der Waals surface area contributed by atoms with Crippen LogP contribution in [0.5, 0.6) is 0 Å². The van der Waals surface area contributed by atoms with Gasteiger partial charge in [0.15, 0.2) is 0 Å². The van der Waals surface area contributed by atoms with Crippen LogP contribution in [0, 0.1) is 0 Å². The Morgan fingerprint density at radius 3 is 2.40 bits per heavy atom. The fourth-order valence-electron chi connectivity index (χ4n) is 1.47. The van der Waals surface area contributed by atoms with E-state index in [1.807, 2.05) is 6.92 Å². The first-order chi connectivity index (χ1) is 9.35. The summed E-state index contributed by atoms with van der Waals surface area (Å²) < 4.78 is 26.4. The van der Waals surface area contributed by atoms with Crippen molar-refractivity contribution in [3.05, 3.63) is 24.3 Å². The zero-order chi connectivity index (χ0) is 15.2. The molecule has 0 heterocycles. The summed E-state index contributed by atoms with van der Waals surface area (Å²) in [5.41, 5.74) is 6.14. The molecular formula is C13H21N3O3S. The summed E-state index contributed by atoms with van der Waals surface area (Å²) in [6.07, 6.45) is 0.947. The molecule has 1 unspecified atom stereocenters. The van der Waals surface area contributed by atoms with Gasteiger partial charge in [0, 0.05) is 24.7 Å². The summed E-state index contributed by atoms with van der Waals surface area (Å²) in [5.74, 6) is -0.115. The van der Waals surface area contributed by atoms with Gasteiger partial charge in [0.1, 0.15) is 0 Å². The van der Waals surface area contributed by atoms with Gasteiger partial charge in [-0.05, 0) is 37.6 Å². The number of anilines is 1. The Morgan fingerprint density at radius 1 is 1.30 bits per heavy atom. The largest absolute Gasteiger partial charge is 0.328 e. The van der Waals surface area contributed by atoms with Crippen molar-refractivity contribution in [2.24, 2.45) is 5.73 Å². The van der Waals surface area contributed by atoms with Crippen molar-refractivity contribution in [3.63, 3.8) is 0 Å². The predicted octanol–water partition coefficient (Wildman–Crippen LogP) is 1.05. The first-order valence-electron chi connectivity index (χ1n) is 6.50. The lowest BCUT2D eigenvalue weighted by molar-refractivity contribution is -0.115. The molecule has 20 heavy (non-hydrogen) atoms. The first-order valence-corrected chi connectivity index (χ1v) is 7.98. The number of carbonyl (C=O) groups excluding carboxylic acids is 1. The monoisotopic (exact) mass is 299 g/mol. The number of carbonyl (C=O) groups is 1. The number of sulfonamides is 1. The summed E-state index contributed by atoms with van der Waals surface area (Å²) in [7, 11) is -3.53. The first kappa shape index (κ1) is 16.6. The predicted molar refractivity (Wildman–Crippen MR) is 78.8 cm³/mol. The van der Waals surface area contributed by atoms with E-state index < -0.39 is 10.0 Å². The smallest absolute Gasteiger partial charge is 0.240 e. The van der Waals surface area contributed by atoms with Crippen molar-refractivity contribution in [3.8, 4) is 0 Å². The van der Waals surface area contributed by atoms with E-state index >= 15 is 0 Å². The van der Waals surface area contributed by atoms with Crippen molar-refractivity contribution in [2.45, 2.75) is 37.6 Å². The normalized spacial score (nSPS) is 12.9. The van der Waals surface area contributed by atoms with Gasteiger partial charge in [0.05, 0.1) is 4.90 Å². The molecule has 112 valence electrons. The molecule has 0 radical (unpaired) electrons. The summed E-state index contributed by atoms with van der Waals surface area (Å²) in [4.78, 5) is 11.4. The van der Waals surface area contributed by atoms with Crippen molar-refractivity contribution >= 4 is 21.6 Å². The number of nitrogens with two attached hydrogens (primary N) is 1. The number of hydrogen-bond donors (Lipinski definition) is 3. The third kappa shape index (κ3) is 5.28. The van der Waals surface area contributed by atoms with Crippen LogP contribution in [0.15, 0.2) is 29.2 Å². The zero-order valence-corrected chi connectivity index (χ0v) is 12.5. The molecule has 1 amide bonds. The lowest BCUT2D eigenvalue weighted by Gasteiger charge is -2.09. The quantitative estimate of drug-likeness (QED) is 0.700. The minimum absolute atomic E-state index is 0.0515. The van der Waals surface area contributed by atoms with Gasteiger partial charge in [-0.1, -0.05) is 6.92 Å². The average Bonchev–Trinajstić information content (AvgIpc) is 2.38. The molecule has 0 saturated carbocycles. The second-order valence-electron chi connectivity index (χ2n) is 4.59. The molecule has 1 aromatic rings. The molecule has 0 fully saturated rings. The molecule has 4 N–H and O–H groups in total. The van der Waals surface area contributed by atoms with E-state index in [9.17, 15) is 13.2 Å². The second kappa shape index (κ2) is 7.37. The van der Waals surface area contributed by atoms with Crippen LogP contribution < -0.4 is 15.8 Å². The SMILES string of the molecule is CCC(=O)Nc1ccc(S(=O)(=O)NCCC(C)N)cc1. The van der Waals surface area contributed by atoms with Crippen molar-refractivity contribution in [1.82, 2.24) is 4.72 Å². The number of rotatable bonds is 7. The Hall–Kier alpha value is -1.44. The van der Waals surface area contributed by atoms with Crippen LogP contribution in [-0.2, 0) is 14.8 Å². The van der Waals surface area contributed by atoms with E-state index in [1.165, 1.54) is 12.1 Å². The minimum Gasteiger partial charge on any atom is -0.328 e. The Balaban J connectivity index is 2.69. The fourth-order valence-corrected chi connectivity index (χ4v) is 2.52. The number of hydrogen-bond acceptors (Lipinski definition) is 4. The molecule has 0 bridgehead atoms. The maximum absolute atomic E-state index is 12.0. The molecule has 1 aromatic carbocycles. The van der Waals surface area contributed by atoms with Crippen LogP contribution in [-0.4, -0.2) is 26.9 Å². The Morgan fingerprint density at radius 2 is 1.90 bits per heavy atom. The van der Waals surface area contributed by atoms with Crippen molar-refractivity contribution in [1.29, 1.82) is 0 Å². The zero-order valence-electron chi connectivity index (χ0n) is 11.7. The molecular weight excluding hydrogens is 278 g/mol. The standard InChI is InChI=1S/C13H21N3O3S/c1-3-13(17)16-11-4-6-12(7-5-11)20(18,19)15-9-8-10(2)14/h4-7,10,15H,3,8-9,14H2,1-2H3,(H,16,17). The third-order valence-corrected chi connectivity index (χ3v) is 4.14. The molecule has 0 aromatic heterocycles. The van der Waals surface area contributed by atoms with Gasteiger partial charge in [-0.15, -0.1) is 0 Å². The highest BCUT2D eigenvalue weighted by Gasteiger charge is 2.13. The van der Waals surface area contributed by atoms with E-state index in [-0.39, 0.29) is 16.8 Å². The average molecular weight is 299 g/mol. The maximum atomic E-state index is 12.0. The lowest BCUT2D eigenvalue weighted by atomic mass is 10.3. The van der Waals surface area contributed by atoms with Gasteiger partial charge in [-0.3, -0.25) is 4.79 Å². The molecule has 0 aliphatic heterocycles. The van der Waals surface area contributed by atoms with E-state index in [2.05, 4.69) is 10.0 Å². The van der Waals surface area contributed by atoms with Crippen LogP contribution in [0.2, 0.25) is 0 Å². The lowest BCUT2D eigenvalue weighted by Crippen LogP contribution is -2.29. The van der Waals surface area contributed by atoms with Crippen molar-refractivity contribution in [2.75, 3.05) is 11.9 Å². The van der Waals surface area contributed by atoms with Crippen LogP contribution >= 0.6 is 0 Å². The highest BCUT2D eigenvalue weighted by atomic mass is 32.2. The molecule has 0 saturated heterocycles. The van der Waals surface area contributed by atoms with E-state index in [1.54, 1.807) is 19.1 Å². The summed E-state index contributed by atoms with van der Waals surface area (Å²) in [5, 5.41) is 2.66. The molecule has 7 heteroatoms. The highest BCUT2D eigenvalue weighted by Crippen LogP contribution is 2.14. The molecule has 1 rings (SSSR count). The van der Waals surface area contributed by atoms with Gasteiger partial charge in [0.2, 0.25) is 15.9 Å². The van der Waals surface area contributed by atoms with Gasteiger partial charge < -0.3 is 11.1 Å². The molecule has 0 aliphatic carbocycles. The summed E-state index contributed by atoms with van der Waals surface area (Å²) in [6, 6.07) is 5.99. The topological polar surface area (TPSA) is 101 Å². The fraction of sp³-hybridized carbons (Fsp3) is 0.462. The number of benzene rings is 1. The van der Waals surface area contributed by atoms with E-state index in [0.717, 1.165) is 0 Å². The molecule has 1 atom stereocenters.